The van der Waals surface area contributed by atoms with Gasteiger partial charge in [0.2, 0.25) is 0 Å². The maximum absolute atomic E-state index is 13.7. The first-order chi connectivity index (χ1) is 28.8. The summed E-state index contributed by atoms with van der Waals surface area (Å²) in [5, 5.41) is 24.7. The van der Waals surface area contributed by atoms with Gasteiger partial charge in [0, 0.05) is 11.5 Å². The first-order valence-electron chi connectivity index (χ1n) is 21.5. The summed E-state index contributed by atoms with van der Waals surface area (Å²) in [6.45, 7) is 6.42. The number of rotatable bonds is 12. The van der Waals surface area contributed by atoms with Crippen molar-refractivity contribution in [2.75, 3.05) is 6.61 Å². The van der Waals surface area contributed by atoms with Gasteiger partial charge in [-0.05, 0) is 136 Å². The van der Waals surface area contributed by atoms with Gasteiger partial charge in [-0.15, -0.1) is 0 Å². The molecule has 4 fully saturated rings. The Bertz CT molecular complexity index is 2070. The van der Waals surface area contributed by atoms with E-state index in [0.717, 1.165) is 44.1 Å². The summed E-state index contributed by atoms with van der Waals surface area (Å²) in [6.07, 6.45) is 2.42. The molecule has 1 aliphatic heterocycles. The Balaban J connectivity index is 1.02. The van der Waals surface area contributed by atoms with Crippen LogP contribution in [0.3, 0.4) is 0 Å². The largest absolute Gasteiger partial charge is 0.458 e. The third-order valence-electron chi connectivity index (χ3n) is 15.1. The number of hydrogen-bond acceptors (Lipinski definition) is 11. The maximum atomic E-state index is 13.7. The molecular formula is C49H56O11. The molecule has 60 heavy (non-hydrogen) atoms. The predicted molar refractivity (Wildman–Crippen MR) is 219 cm³/mol. The molecule has 318 valence electrons. The lowest BCUT2D eigenvalue weighted by molar-refractivity contribution is -0.242. The topological polar surface area (TPSA) is 155 Å². The highest BCUT2D eigenvalue weighted by Gasteiger charge is 2.67. The van der Waals surface area contributed by atoms with E-state index < -0.39 is 54.2 Å². The van der Waals surface area contributed by atoms with Crippen molar-refractivity contribution in [1.29, 1.82) is 0 Å². The summed E-state index contributed by atoms with van der Waals surface area (Å²) in [5.74, 6) is -1.71. The number of ether oxygens (including phenoxy) is 5. The molecule has 3 aromatic carbocycles. The zero-order valence-electron chi connectivity index (χ0n) is 34.6. The average molecular weight is 821 g/mol. The average Bonchev–Trinajstić information content (AvgIpc) is 3.81. The predicted octanol–water partition coefficient (Wildman–Crippen LogP) is 7.64. The molecule has 11 nitrogen and oxygen atoms in total. The van der Waals surface area contributed by atoms with Crippen LogP contribution in [0.4, 0.5) is 0 Å². The highest BCUT2D eigenvalue weighted by molar-refractivity contribution is 5.91. The van der Waals surface area contributed by atoms with Crippen LogP contribution < -0.4 is 0 Å². The Kier molecular flexibility index (Phi) is 11.8. The van der Waals surface area contributed by atoms with E-state index in [-0.39, 0.29) is 51.2 Å². The van der Waals surface area contributed by atoms with Crippen molar-refractivity contribution >= 4 is 23.9 Å². The van der Waals surface area contributed by atoms with Crippen molar-refractivity contribution in [3.8, 4) is 0 Å². The van der Waals surface area contributed by atoms with E-state index in [1.807, 2.05) is 0 Å². The second-order valence-corrected chi connectivity index (χ2v) is 18.2. The van der Waals surface area contributed by atoms with Gasteiger partial charge in [0.25, 0.3) is 0 Å². The fourth-order valence-electron chi connectivity index (χ4n) is 11.9. The van der Waals surface area contributed by atoms with Gasteiger partial charge in [0.05, 0.1) is 28.4 Å². The van der Waals surface area contributed by atoms with Gasteiger partial charge in [0.15, 0.2) is 18.5 Å². The second kappa shape index (κ2) is 16.9. The molecule has 0 bridgehead atoms. The highest BCUT2D eigenvalue weighted by Crippen LogP contribution is 2.70. The molecule has 0 spiro atoms. The minimum absolute atomic E-state index is 0.0678. The molecule has 12 atom stereocenters. The smallest absolute Gasteiger partial charge is 0.338 e. The van der Waals surface area contributed by atoms with E-state index in [1.54, 1.807) is 97.1 Å². The normalized spacial score (nSPS) is 32.7. The molecule has 2 N–H and O–H groups in total. The summed E-state index contributed by atoms with van der Waals surface area (Å²) in [6, 6.07) is 24.9. The molecule has 0 saturated heterocycles. The lowest BCUT2D eigenvalue weighted by Crippen LogP contribution is -2.62. The van der Waals surface area contributed by atoms with Gasteiger partial charge < -0.3 is 33.9 Å². The lowest BCUT2D eigenvalue weighted by atomic mass is 9.43. The Morgan fingerprint density at radius 3 is 1.83 bits per heavy atom. The van der Waals surface area contributed by atoms with E-state index in [2.05, 4.69) is 13.8 Å². The summed E-state index contributed by atoms with van der Waals surface area (Å²) in [4.78, 5) is 52.7. The van der Waals surface area contributed by atoms with Crippen LogP contribution in [-0.2, 0) is 28.5 Å². The van der Waals surface area contributed by atoms with Crippen LogP contribution >= 0.6 is 0 Å². The van der Waals surface area contributed by atoms with E-state index in [1.165, 1.54) is 6.92 Å². The molecule has 1 heterocycles. The summed E-state index contributed by atoms with van der Waals surface area (Å²) < 4.78 is 29.6. The second-order valence-electron chi connectivity index (χ2n) is 18.2. The number of cyclic esters (lactones) is 1. The molecule has 0 aromatic heterocycles. The summed E-state index contributed by atoms with van der Waals surface area (Å²) in [5.41, 5.74) is 0.474. The number of fused-ring (bicyclic) bond motifs is 5. The number of esters is 4. The van der Waals surface area contributed by atoms with E-state index in [9.17, 15) is 29.4 Å². The number of carbonyl (C=O) groups excluding carboxylic acids is 4. The van der Waals surface area contributed by atoms with Crippen molar-refractivity contribution in [2.24, 2.45) is 34.5 Å². The van der Waals surface area contributed by atoms with Gasteiger partial charge in [-0.3, -0.25) is 0 Å². The lowest BCUT2D eigenvalue weighted by Gasteiger charge is -2.63. The molecule has 4 saturated carbocycles. The number of aliphatic hydroxyl groups is 2. The fourth-order valence-corrected chi connectivity index (χ4v) is 11.9. The third-order valence-corrected chi connectivity index (χ3v) is 15.1. The van der Waals surface area contributed by atoms with Gasteiger partial charge in [-0.25, -0.2) is 19.2 Å². The van der Waals surface area contributed by atoms with Crippen molar-refractivity contribution in [2.45, 2.75) is 115 Å². The molecule has 4 aliphatic carbocycles. The number of carbonyl (C=O) groups is 4. The Morgan fingerprint density at radius 1 is 0.700 bits per heavy atom. The van der Waals surface area contributed by atoms with Crippen LogP contribution in [0.15, 0.2) is 103 Å². The standard InChI is InChI=1S/C49H56O11/c1-30(57-43(51)31-13-7-4-8-14-31)41(59-44(52)32-15-9-5-10-16-32)42(60-45(53)33-17-11-6-12-18-33)46(54)58-36-21-24-47(2)35(28-36)19-20-39-38(47)22-25-48(3)37(23-26-49(39,48)55)34-27-40(50)56-29-34/h4-18,27,30,35-39,41-42,46,54-55H,19-26,28-29H2,1-3H3/t30-,35+,36-,37+,38?,39?,41?,42-,46+,47-,48+,49-/m0/s1. The number of hydrogen-bond donors (Lipinski definition) is 2. The first-order valence-corrected chi connectivity index (χ1v) is 21.5. The minimum Gasteiger partial charge on any atom is -0.458 e. The van der Waals surface area contributed by atoms with E-state index in [4.69, 9.17) is 23.7 Å². The molecule has 0 amide bonds. The van der Waals surface area contributed by atoms with Crippen molar-refractivity contribution < 1.29 is 53.1 Å². The van der Waals surface area contributed by atoms with Crippen LogP contribution in [0.2, 0.25) is 0 Å². The molecule has 3 unspecified atom stereocenters. The van der Waals surface area contributed by atoms with Gasteiger partial charge in [-0.1, -0.05) is 68.4 Å². The van der Waals surface area contributed by atoms with Crippen LogP contribution in [0.5, 0.6) is 0 Å². The first kappa shape index (κ1) is 41.9. The minimum atomic E-state index is -1.76. The maximum Gasteiger partial charge on any atom is 0.338 e. The van der Waals surface area contributed by atoms with Crippen molar-refractivity contribution in [3.63, 3.8) is 0 Å². The van der Waals surface area contributed by atoms with Crippen LogP contribution in [0.25, 0.3) is 0 Å². The molecule has 5 aliphatic rings. The number of aliphatic hydroxyl groups excluding tert-OH is 1. The van der Waals surface area contributed by atoms with E-state index >= 15 is 0 Å². The monoisotopic (exact) mass is 820 g/mol. The van der Waals surface area contributed by atoms with Gasteiger partial charge >= 0.3 is 23.9 Å². The zero-order valence-corrected chi connectivity index (χ0v) is 34.6. The van der Waals surface area contributed by atoms with Gasteiger partial charge in [0.1, 0.15) is 12.7 Å². The Labute approximate surface area is 351 Å². The van der Waals surface area contributed by atoms with Crippen LogP contribution in [-0.4, -0.2) is 77.0 Å². The summed E-state index contributed by atoms with van der Waals surface area (Å²) in [7, 11) is 0. The molecule has 3 aromatic rings. The SMILES string of the molecule is C[C@H](OC(=O)c1ccccc1)C(OC(=O)c1ccccc1)[C@H](OC(=O)c1ccccc1)[C@H](O)O[C@H]1CC[C@]2(C)C3CC[C@]4(C)[C@@H](C5=CC(=O)OC5)CC[C@]4(O)C3CC[C@@H]2C1. The molecule has 11 heteroatoms. The van der Waals surface area contributed by atoms with Gasteiger partial charge in [-0.2, -0.15) is 0 Å². The fraction of sp³-hybridized carbons (Fsp3) is 0.510. The Morgan fingerprint density at radius 2 is 1.27 bits per heavy atom. The quantitative estimate of drug-likeness (QED) is 0.105. The molecule has 0 radical (unpaired) electrons. The summed E-state index contributed by atoms with van der Waals surface area (Å²) >= 11 is 0. The highest BCUT2D eigenvalue weighted by atomic mass is 16.7. The van der Waals surface area contributed by atoms with Crippen molar-refractivity contribution in [1.82, 2.24) is 0 Å². The van der Waals surface area contributed by atoms with E-state index in [0.29, 0.717) is 31.8 Å². The Hall–Kier alpha value is -4.84. The zero-order chi connectivity index (χ0) is 42.2. The van der Waals surface area contributed by atoms with Crippen LogP contribution in [0.1, 0.15) is 110 Å². The van der Waals surface area contributed by atoms with Crippen LogP contribution in [0, 0.1) is 34.5 Å². The number of benzene rings is 3. The third kappa shape index (κ3) is 7.80. The molecular weight excluding hydrogens is 765 g/mol. The molecule has 8 rings (SSSR count). The van der Waals surface area contributed by atoms with Crippen molar-refractivity contribution in [3.05, 3.63) is 119 Å².